The van der Waals surface area contributed by atoms with Crippen molar-refractivity contribution in [2.75, 3.05) is 6.54 Å². The molecule has 1 fully saturated rings. The summed E-state index contributed by atoms with van der Waals surface area (Å²) < 4.78 is 0. The number of carbonyl (C=O) groups excluding carboxylic acids is 1. The van der Waals surface area contributed by atoms with Crippen molar-refractivity contribution in [1.82, 2.24) is 5.32 Å². The number of hydrogen-bond acceptors (Lipinski definition) is 5. The van der Waals surface area contributed by atoms with Gasteiger partial charge in [0.05, 0.1) is 12.1 Å². The Morgan fingerprint density at radius 3 is 2.45 bits per heavy atom. The summed E-state index contributed by atoms with van der Waals surface area (Å²) in [6, 6.07) is -0.770. The topological polar surface area (TPSA) is 89.8 Å². The van der Waals surface area contributed by atoms with Crippen LogP contribution in [0.25, 0.3) is 0 Å². The second-order valence-electron chi connectivity index (χ2n) is 2.62. The maximum Gasteiger partial charge on any atom is 0.139 e. The van der Waals surface area contributed by atoms with Gasteiger partial charge in [0.15, 0.2) is 0 Å². The molecule has 5 heteroatoms. The fourth-order valence-corrected chi connectivity index (χ4v) is 1.07. The van der Waals surface area contributed by atoms with Gasteiger partial charge in [-0.3, -0.25) is 0 Å². The standard InChI is InChI=1S/C6H11NO4/c8-2-3-5(10)6(11)4(9)1-7-3/h2-7,9-11H,1H2. The molecule has 1 saturated heterocycles. The van der Waals surface area contributed by atoms with Gasteiger partial charge in [-0.15, -0.1) is 0 Å². The summed E-state index contributed by atoms with van der Waals surface area (Å²) in [5, 5.41) is 29.7. The van der Waals surface area contributed by atoms with Gasteiger partial charge in [-0.2, -0.15) is 0 Å². The molecule has 0 radical (unpaired) electrons. The molecule has 64 valence electrons. The number of carbonyl (C=O) groups is 1. The lowest BCUT2D eigenvalue weighted by atomic mass is 9.97. The zero-order valence-corrected chi connectivity index (χ0v) is 5.84. The first kappa shape index (κ1) is 8.61. The Balaban J connectivity index is 2.58. The molecule has 0 aromatic heterocycles. The number of aliphatic hydroxyl groups is 3. The Kier molecular flexibility index (Phi) is 2.56. The van der Waals surface area contributed by atoms with Crippen LogP contribution in [0.2, 0.25) is 0 Å². The van der Waals surface area contributed by atoms with Crippen LogP contribution in [0.15, 0.2) is 0 Å². The summed E-state index contributed by atoms with van der Waals surface area (Å²) >= 11 is 0. The summed E-state index contributed by atoms with van der Waals surface area (Å²) in [7, 11) is 0. The first-order chi connectivity index (χ1) is 5.16. The third-order valence-corrected chi connectivity index (χ3v) is 1.82. The molecule has 1 rings (SSSR count). The van der Waals surface area contributed by atoms with Gasteiger partial charge in [-0.05, 0) is 0 Å². The summed E-state index contributed by atoms with van der Waals surface area (Å²) in [4.78, 5) is 10.2. The maximum absolute atomic E-state index is 10.2. The van der Waals surface area contributed by atoms with Crippen LogP contribution in [-0.4, -0.2) is 52.5 Å². The van der Waals surface area contributed by atoms with E-state index in [9.17, 15) is 4.79 Å². The molecule has 4 unspecified atom stereocenters. The highest BCUT2D eigenvalue weighted by Gasteiger charge is 2.35. The van der Waals surface area contributed by atoms with Gasteiger partial charge in [-0.1, -0.05) is 0 Å². The van der Waals surface area contributed by atoms with E-state index in [1.54, 1.807) is 0 Å². The quantitative estimate of drug-likeness (QED) is 0.313. The van der Waals surface area contributed by atoms with Crippen molar-refractivity contribution < 1.29 is 20.1 Å². The highest BCUT2D eigenvalue weighted by Crippen LogP contribution is 2.08. The number of rotatable bonds is 1. The van der Waals surface area contributed by atoms with E-state index in [4.69, 9.17) is 15.3 Å². The third kappa shape index (κ3) is 1.57. The number of aldehydes is 1. The maximum atomic E-state index is 10.2. The van der Waals surface area contributed by atoms with Crippen molar-refractivity contribution in [2.45, 2.75) is 24.4 Å². The van der Waals surface area contributed by atoms with E-state index >= 15 is 0 Å². The molecule has 5 nitrogen and oxygen atoms in total. The van der Waals surface area contributed by atoms with Gasteiger partial charge in [-0.25, -0.2) is 0 Å². The van der Waals surface area contributed by atoms with Crippen LogP contribution in [0.5, 0.6) is 0 Å². The Morgan fingerprint density at radius 1 is 1.27 bits per heavy atom. The van der Waals surface area contributed by atoms with E-state index in [1.807, 2.05) is 0 Å². The van der Waals surface area contributed by atoms with Crippen molar-refractivity contribution in [3.8, 4) is 0 Å². The molecule has 1 aliphatic heterocycles. The monoisotopic (exact) mass is 161 g/mol. The van der Waals surface area contributed by atoms with Crippen molar-refractivity contribution in [3.05, 3.63) is 0 Å². The van der Waals surface area contributed by atoms with E-state index < -0.39 is 24.4 Å². The van der Waals surface area contributed by atoms with Crippen LogP contribution in [0.3, 0.4) is 0 Å². The van der Waals surface area contributed by atoms with Crippen LogP contribution < -0.4 is 5.32 Å². The van der Waals surface area contributed by atoms with Gasteiger partial charge in [0, 0.05) is 6.54 Å². The molecule has 11 heavy (non-hydrogen) atoms. The van der Waals surface area contributed by atoms with Crippen molar-refractivity contribution in [3.63, 3.8) is 0 Å². The molecule has 4 N–H and O–H groups in total. The van der Waals surface area contributed by atoms with Gasteiger partial charge >= 0.3 is 0 Å². The first-order valence-electron chi connectivity index (χ1n) is 3.39. The number of aliphatic hydroxyl groups excluding tert-OH is 3. The average Bonchev–Trinajstić information content (AvgIpc) is 2.01. The average molecular weight is 161 g/mol. The number of piperidine rings is 1. The third-order valence-electron chi connectivity index (χ3n) is 1.82. The molecule has 0 bridgehead atoms. The minimum absolute atomic E-state index is 0.127. The van der Waals surface area contributed by atoms with Crippen LogP contribution >= 0.6 is 0 Å². The largest absolute Gasteiger partial charge is 0.389 e. The fraction of sp³-hybridized carbons (Fsp3) is 0.833. The van der Waals surface area contributed by atoms with Crippen molar-refractivity contribution in [1.29, 1.82) is 0 Å². The zero-order chi connectivity index (χ0) is 8.43. The summed E-state index contributed by atoms with van der Waals surface area (Å²) in [5.41, 5.74) is 0. The molecule has 0 aromatic rings. The van der Waals surface area contributed by atoms with E-state index in [2.05, 4.69) is 5.32 Å². The molecule has 0 aromatic carbocycles. The van der Waals surface area contributed by atoms with Gasteiger partial charge in [0.2, 0.25) is 0 Å². The van der Waals surface area contributed by atoms with E-state index in [0.717, 1.165) is 0 Å². The van der Waals surface area contributed by atoms with E-state index in [1.165, 1.54) is 0 Å². The fourth-order valence-electron chi connectivity index (χ4n) is 1.07. The van der Waals surface area contributed by atoms with Gasteiger partial charge in [0.1, 0.15) is 18.5 Å². The molecule has 1 aliphatic rings. The lowest BCUT2D eigenvalue weighted by Crippen LogP contribution is -2.60. The second kappa shape index (κ2) is 3.27. The predicted molar refractivity (Wildman–Crippen MR) is 35.9 cm³/mol. The number of nitrogens with one attached hydrogen (secondary N) is 1. The number of hydrogen-bond donors (Lipinski definition) is 4. The van der Waals surface area contributed by atoms with Crippen molar-refractivity contribution >= 4 is 6.29 Å². The molecule has 0 amide bonds. The molecular weight excluding hydrogens is 150 g/mol. The highest BCUT2D eigenvalue weighted by atomic mass is 16.4. The smallest absolute Gasteiger partial charge is 0.139 e. The van der Waals surface area contributed by atoms with E-state index in [-0.39, 0.29) is 6.54 Å². The molecule has 0 aliphatic carbocycles. The number of β-amino-alcohol motifs (C(OH)–C–C–N with tert-alkyl or cyclic N) is 1. The van der Waals surface area contributed by atoms with Crippen LogP contribution in [0.4, 0.5) is 0 Å². The Labute approximate surface area is 63.7 Å². The summed E-state index contributed by atoms with van der Waals surface area (Å²) in [5.74, 6) is 0. The summed E-state index contributed by atoms with van der Waals surface area (Å²) in [6.45, 7) is 0.127. The Bertz CT molecular complexity index is 152. The minimum atomic E-state index is -1.23. The SMILES string of the molecule is O=CC1NCC(O)C(O)C1O. The lowest BCUT2D eigenvalue weighted by molar-refractivity contribution is -0.124. The molecular formula is C6H11NO4. The summed E-state index contributed by atoms with van der Waals surface area (Å²) in [6.07, 6.45) is -2.93. The van der Waals surface area contributed by atoms with Crippen LogP contribution in [0, 0.1) is 0 Å². The Hall–Kier alpha value is -0.490. The highest BCUT2D eigenvalue weighted by molar-refractivity contribution is 5.59. The second-order valence-corrected chi connectivity index (χ2v) is 2.62. The van der Waals surface area contributed by atoms with Crippen molar-refractivity contribution in [2.24, 2.45) is 0 Å². The molecule has 1 heterocycles. The minimum Gasteiger partial charge on any atom is -0.389 e. The van der Waals surface area contributed by atoms with Gasteiger partial charge < -0.3 is 25.4 Å². The van der Waals surface area contributed by atoms with Crippen LogP contribution in [-0.2, 0) is 4.79 Å². The Morgan fingerprint density at radius 2 is 1.91 bits per heavy atom. The predicted octanol–water partition coefficient (Wildman–Crippen LogP) is -2.76. The molecule has 4 atom stereocenters. The lowest BCUT2D eigenvalue weighted by Gasteiger charge is -2.33. The van der Waals surface area contributed by atoms with E-state index in [0.29, 0.717) is 6.29 Å². The molecule has 0 saturated carbocycles. The first-order valence-corrected chi connectivity index (χ1v) is 3.39. The zero-order valence-electron chi connectivity index (χ0n) is 5.84. The van der Waals surface area contributed by atoms with Crippen LogP contribution in [0.1, 0.15) is 0 Å². The van der Waals surface area contributed by atoms with Gasteiger partial charge in [0.25, 0.3) is 0 Å². The normalized spacial score (nSPS) is 45.4. The molecule has 0 spiro atoms.